The lowest BCUT2D eigenvalue weighted by Gasteiger charge is -2.34. The van der Waals surface area contributed by atoms with Gasteiger partial charge in [0.15, 0.2) is 0 Å². The van der Waals surface area contributed by atoms with Crippen molar-refractivity contribution in [3.63, 3.8) is 0 Å². The molecule has 61 heavy (non-hydrogen) atoms. The standard InChI is InChI=1S/C49H51N7O5/c1-60-49(59)54-44(33-21-25-61-26-22-33)48(58)56-24-6-10-42(56)46-50-38-19-16-35(29-40(38)52-46)32-13-11-31(12-14-32)34-15-18-37-36(28-34)17-20-39-45(37)53-47(51-39)41-9-5-23-55(41)43(57)27-30-7-3-2-4-8-30/h2-4,7-8,11-16,18-19,28-29,33,41-42,44H,5-6,9-10,17,20-27H2,1H3,(H,50,52)(H,51,53)(H,54,59)/t41-,42-,44-/m0/s1. The molecule has 3 aliphatic heterocycles. The molecule has 0 unspecified atom stereocenters. The van der Waals surface area contributed by atoms with E-state index in [9.17, 15) is 14.4 Å². The second-order valence-electron chi connectivity index (χ2n) is 16.9. The first-order valence-electron chi connectivity index (χ1n) is 21.8. The Balaban J connectivity index is 0.834. The Kier molecular flexibility index (Phi) is 10.6. The lowest BCUT2D eigenvalue weighted by atomic mass is 9.89. The SMILES string of the molecule is COC(=O)N[C@H](C(=O)N1CCC[C@H]1c1nc2ccc(-c3ccc(-c4ccc5c(c4)CCc4nc([C@@H]6CCCN6C(=O)Cc6ccccc6)[nH]c4-5)cc3)cc2[nH]1)C1CCOCC1. The first-order valence-corrected chi connectivity index (χ1v) is 21.8. The van der Waals surface area contributed by atoms with Crippen LogP contribution < -0.4 is 5.32 Å². The second-order valence-corrected chi connectivity index (χ2v) is 16.9. The smallest absolute Gasteiger partial charge is 0.407 e. The van der Waals surface area contributed by atoms with Crippen LogP contribution in [0, 0.1) is 5.92 Å². The highest BCUT2D eigenvalue weighted by Crippen LogP contribution is 2.39. The van der Waals surface area contributed by atoms with Crippen LogP contribution in [-0.2, 0) is 38.3 Å². The van der Waals surface area contributed by atoms with E-state index in [1.807, 2.05) is 46.2 Å². The maximum absolute atomic E-state index is 14.1. The van der Waals surface area contributed by atoms with Crippen LogP contribution >= 0.6 is 0 Å². The van der Waals surface area contributed by atoms with Crippen LogP contribution in [0.3, 0.4) is 0 Å². The van der Waals surface area contributed by atoms with Crippen LogP contribution in [0.4, 0.5) is 4.79 Å². The first kappa shape index (κ1) is 38.9. The molecule has 12 heteroatoms. The van der Waals surface area contributed by atoms with Crippen LogP contribution in [0.25, 0.3) is 44.5 Å². The van der Waals surface area contributed by atoms with Crippen LogP contribution in [0.5, 0.6) is 0 Å². The van der Waals surface area contributed by atoms with Gasteiger partial charge in [0.1, 0.15) is 17.7 Å². The van der Waals surface area contributed by atoms with Gasteiger partial charge in [0.05, 0.1) is 48.0 Å². The number of benzene rings is 4. The molecule has 1 aliphatic carbocycles. The number of aromatic amines is 2. The normalized spacial score (nSPS) is 19.4. The zero-order valence-electron chi connectivity index (χ0n) is 34.5. The molecule has 4 aromatic carbocycles. The van der Waals surface area contributed by atoms with E-state index in [1.54, 1.807) is 0 Å². The summed E-state index contributed by atoms with van der Waals surface area (Å²) in [6.45, 7) is 2.51. The maximum Gasteiger partial charge on any atom is 0.407 e. The number of aryl methyl sites for hydroxylation is 2. The number of nitrogens with one attached hydrogen (secondary N) is 3. The summed E-state index contributed by atoms with van der Waals surface area (Å²) in [5.41, 5.74) is 12.0. The van der Waals surface area contributed by atoms with Gasteiger partial charge >= 0.3 is 6.09 Å². The van der Waals surface area contributed by atoms with Gasteiger partial charge in [-0.3, -0.25) is 9.59 Å². The highest BCUT2D eigenvalue weighted by molar-refractivity contribution is 5.87. The minimum atomic E-state index is -0.674. The molecular formula is C49H51N7O5. The van der Waals surface area contributed by atoms with Crippen molar-refractivity contribution in [2.45, 2.75) is 75.9 Å². The number of hydrogen-bond acceptors (Lipinski definition) is 7. The van der Waals surface area contributed by atoms with Gasteiger partial charge in [-0.15, -0.1) is 0 Å². The molecule has 3 N–H and O–H groups in total. The lowest BCUT2D eigenvalue weighted by Crippen LogP contribution is -2.53. The number of alkyl carbamates (subject to hydrolysis) is 1. The average Bonchev–Trinajstić information content (AvgIpc) is 4.14. The predicted molar refractivity (Wildman–Crippen MR) is 232 cm³/mol. The predicted octanol–water partition coefficient (Wildman–Crippen LogP) is 8.11. The van der Waals surface area contributed by atoms with Crippen molar-refractivity contribution in [1.82, 2.24) is 35.1 Å². The molecule has 0 spiro atoms. The van der Waals surface area contributed by atoms with Crippen molar-refractivity contribution in [3.8, 4) is 33.5 Å². The largest absolute Gasteiger partial charge is 0.453 e. The first-order chi connectivity index (χ1) is 29.9. The quantitative estimate of drug-likeness (QED) is 0.134. The highest BCUT2D eigenvalue weighted by atomic mass is 16.5. The van der Waals surface area contributed by atoms with E-state index in [2.05, 4.69) is 69.9 Å². The number of likely N-dealkylation sites (tertiary alicyclic amines) is 2. The number of aromatic nitrogens is 4. The van der Waals surface area contributed by atoms with Gasteiger partial charge in [-0.2, -0.15) is 0 Å². The summed E-state index contributed by atoms with van der Waals surface area (Å²) in [5.74, 6) is 1.71. The number of fused-ring (bicyclic) bond motifs is 4. The number of nitrogens with zero attached hydrogens (tertiary/aromatic N) is 4. The average molecular weight is 818 g/mol. The summed E-state index contributed by atoms with van der Waals surface area (Å²) in [6, 6.07) is 30.8. The van der Waals surface area contributed by atoms with Crippen molar-refractivity contribution in [2.75, 3.05) is 33.4 Å². The summed E-state index contributed by atoms with van der Waals surface area (Å²) >= 11 is 0. The molecule has 0 bridgehead atoms. The Labute approximate surface area is 355 Å². The summed E-state index contributed by atoms with van der Waals surface area (Å²) in [7, 11) is 1.32. The second kappa shape index (κ2) is 16.6. The molecule has 6 aromatic rings. The zero-order chi connectivity index (χ0) is 41.5. The minimum Gasteiger partial charge on any atom is -0.453 e. The van der Waals surface area contributed by atoms with Crippen LogP contribution in [0.2, 0.25) is 0 Å². The number of ether oxygens (including phenoxy) is 2. The van der Waals surface area contributed by atoms with E-state index in [0.717, 1.165) is 101 Å². The molecule has 2 aromatic heterocycles. The summed E-state index contributed by atoms with van der Waals surface area (Å²) in [4.78, 5) is 60.9. The summed E-state index contributed by atoms with van der Waals surface area (Å²) < 4.78 is 10.4. The number of H-pyrrole nitrogens is 2. The van der Waals surface area contributed by atoms with Gasteiger partial charge in [0.25, 0.3) is 0 Å². The molecule has 12 nitrogen and oxygen atoms in total. The molecule has 4 aliphatic rings. The molecule has 312 valence electrons. The Bertz CT molecular complexity index is 2580. The number of amides is 3. The number of rotatable bonds is 9. The van der Waals surface area contributed by atoms with E-state index < -0.39 is 12.1 Å². The maximum atomic E-state index is 14.1. The Morgan fingerprint density at radius 3 is 2.20 bits per heavy atom. The van der Waals surface area contributed by atoms with Gasteiger partial charge in [0.2, 0.25) is 11.8 Å². The van der Waals surface area contributed by atoms with Crippen molar-refractivity contribution in [1.29, 1.82) is 0 Å². The molecule has 0 radical (unpaired) electrons. The molecule has 3 amide bonds. The van der Waals surface area contributed by atoms with Crippen LogP contribution in [0.1, 0.15) is 79.1 Å². The molecule has 10 rings (SSSR count). The van der Waals surface area contributed by atoms with Gasteiger partial charge in [-0.25, -0.2) is 14.8 Å². The molecule has 3 atom stereocenters. The lowest BCUT2D eigenvalue weighted by molar-refractivity contribution is -0.137. The van der Waals surface area contributed by atoms with E-state index in [0.29, 0.717) is 39.0 Å². The highest BCUT2D eigenvalue weighted by Gasteiger charge is 2.40. The number of carbonyl (C=O) groups excluding carboxylic acids is 3. The van der Waals surface area contributed by atoms with Crippen molar-refractivity contribution in [3.05, 3.63) is 119 Å². The third-order valence-corrected chi connectivity index (χ3v) is 13.3. The zero-order valence-corrected chi connectivity index (χ0v) is 34.5. The third-order valence-electron chi connectivity index (χ3n) is 13.3. The third kappa shape index (κ3) is 7.69. The Morgan fingerprint density at radius 2 is 1.44 bits per heavy atom. The fraction of sp³-hybridized carbons (Fsp3) is 0.367. The number of carbonyl (C=O) groups is 3. The van der Waals surface area contributed by atoms with Crippen LogP contribution in [-0.4, -0.2) is 87.1 Å². The fourth-order valence-electron chi connectivity index (χ4n) is 10.0. The van der Waals surface area contributed by atoms with Gasteiger partial charge in [0, 0.05) is 31.9 Å². The van der Waals surface area contributed by atoms with Crippen LogP contribution in [0.15, 0.2) is 91.0 Å². The van der Waals surface area contributed by atoms with Gasteiger partial charge in [-0.05, 0) is 103 Å². The van der Waals surface area contributed by atoms with Crippen molar-refractivity contribution >= 4 is 28.9 Å². The number of hydrogen-bond donors (Lipinski definition) is 3. The molecular weight excluding hydrogens is 767 g/mol. The van der Waals surface area contributed by atoms with E-state index in [1.165, 1.54) is 23.8 Å². The molecule has 5 heterocycles. The monoisotopic (exact) mass is 817 g/mol. The van der Waals surface area contributed by atoms with Gasteiger partial charge in [-0.1, -0.05) is 78.9 Å². The van der Waals surface area contributed by atoms with Crippen molar-refractivity contribution < 1.29 is 23.9 Å². The van der Waals surface area contributed by atoms with E-state index in [4.69, 9.17) is 19.4 Å². The molecule has 0 saturated carbocycles. The number of methoxy groups -OCH3 is 1. The Hall–Kier alpha value is -6.27. The molecule has 3 saturated heterocycles. The minimum absolute atomic E-state index is 0.0174. The van der Waals surface area contributed by atoms with Gasteiger partial charge < -0.3 is 34.6 Å². The van der Waals surface area contributed by atoms with E-state index >= 15 is 0 Å². The summed E-state index contributed by atoms with van der Waals surface area (Å²) in [6.07, 6.45) is 6.55. The van der Waals surface area contributed by atoms with E-state index in [-0.39, 0.29) is 29.8 Å². The Morgan fingerprint density at radius 1 is 0.770 bits per heavy atom. The number of imidazole rings is 2. The summed E-state index contributed by atoms with van der Waals surface area (Å²) in [5, 5.41) is 2.84. The van der Waals surface area contributed by atoms with Crippen molar-refractivity contribution in [2.24, 2.45) is 5.92 Å². The topological polar surface area (TPSA) is 146 Å². The fourth-order valence-corrected chi connectivity index (χ4v) is 10.0. The molecule has 3 fully saturated rings.